The molecule has 0 bridgehead atoms. The Bertz CT molecular complexity index is 516. The van der Waals surface area contributed by atoms with Crippen LogP contribution in [0.4, 0.5) is 4.39 Å². The van der Waals surface area contributed by atoms with E-state index in [1.54, 1.807) is 29.2 Å². The van der Waals surface area contributed by atoms with Crippen LogP contribution in [0, 0.1) is 5.82 Å². The number of rotatable bonds is 5. The molecule has 4 heteroatoms. The molecule has 1 N–H and O–H groups in total. The minimum Gasteiger partial charge on any atom is -0.306 e. The van der Waals surface area contributed by atoms with E-state index in [9.17, 15) is 4.39 Å². The summed E-state index contributed by atoms with van der Waals surface area (Å²) < 4.78 is 14.5. The van der Waals surface area contributed by atoms with Gasteiger partial charge >= 0.3 is 0 Å². The molecular formula is C14H16FN3. The van der Waals surface area contributed by atoms with Crippen molar-refractivity contribution in [2.75, 3.05) is 0 Å². The number of hydrogen-bond donors (Lipinski definition) is 1. The summed E-state index contributed by atoms with van der Waals surface area (Å²) in [5.74, 6) is -0.210. The van der Waals surface area contributed by atoms with Crippen molar-refractivity contribution in [3.05, 3.63) is 60.2 Å². The lowest BCUT2D eigenvalue weighted by molar-refractivity contribution is 0.571. The van der Waals surface area contributed by atoms with Crippen molar-refractivity contribution in [2.24, 2.45) is 0 Å². The maximum Gasteiger partial charge on any atom is 0.123 e. The van der Waals surface area contributed by atoms with Gasteiger partial charge in [-0.15, -0.1) is 0 Å². The zero-order valence-corrected chi connectivity index (χ0v) is 10.3. The Balaban J connectivity index is 1.93. The molecule has 0 saturated carbocycles. The summed E-state index contributed by atoms with van der Waals surface area (Å²) in [6.07, 6.45) is 5.36. The van der Waals surface area contributed by atoms with Crippen molar-refractivity contribution < 1.29 is 4.39 Å². The zero-order valence-electron chi connectivity index (χ0n) is 10.3. The fraction of sp³-hybridized carbons (Fsp3) is 0.214. The molecule has 18 heavy (non-hydrogen) atoms. The normalized spacial score (nSPS) is 12.3. The van der Waals surface area contributed by atoms with E-state index in [4.69, 9.17) is 0 Å². The van der Waals surface area contributed by atoms with E-state index in [-0.39, 0.29) is 11.9 Å². The van der Waals surface area contributed by atoms with Gasteiger partial charge in [0.1, 0.15) is 5.82 Å². The van der Waals surface area contributed by atoms with Crippen molar-refractivity contribution in [1.29, 1.82) is 0 Å². The first-order valence-electron chi connectivity index (χ1n) is 5.83. The maximum atomic E-state index is 12.8. The van der Waals surface area contributed by atoms with Gasteiger partial charge in [-0.05, 0) is 24.6 Å². The van der Waals surface area contributed by atoms with Gasteiger partial charge in [0.2, 0.25) is 0 Å². The largest absolute Gasteiger partial charge is 0.306 e. The molecule has 0 saturated heterocycles. The third-order valence-corrected chi connectivity index (χ3v) is 2.82. The van der Waals surface area contributed by atoms with Crippen LogP contribution in [0.15, 0.2) is 43.2 Å². The lowest BCUT2D eigenvalue weighted by atomic mass is 10.1. The smallest absolute Gasteiger partial charge is 0.123 e. The topological polar surface area (TPSA) is 29.9 Å². The Hall–Kier alpha value is -1.94. The van der Waals surface area contributed by atoms with Crippen LogP contribution in [0.1, 0.15) is 24.1 Å². The summed E-state index contributed by atoms with van der Waals surface area (Å²) in [6, 6.07) is 6.70. The highest BCUT2D eigenvalue weighted by Crippen LogP contribution is 2.13. The van der Waals surface area contributed by atoms with Gasteiger partial charge in [0.25, 0.3) is 0 Å². The van der Waals surface area contributed by atoms with Crippen LogP contribution in [-0.2, 0) is 6.54 Å². The molecule has 1 aromatic heterocycles. The molecular weight excluding hydrogens is 229 g/mol. The maximum absolute atomic E-state index is 12.8. The van der Waals surface area contributed by atoms with E-state index < -0.39 is 0 Å². The molecule has 0 aliphatic carbocycles. The van der Waals surface area contributed by atoms with E-state index in [0.717, 1.165) is 11.1 Å². The van der Waals surface area contributed by atoms with E-state index in [0.29, 0.717) is 6.54 Å². The summed E-state index contributed by atoms with van der Waals surface area (Å²) in [4.78, 5) is 0. The summed E-state index contributed by atoms with van der Waals surface area (Å²) in [5.41, 5.74) is 2.15. The van der Waals surface area contributed by atoms with Crippen LogP contribution < -0.4 is 5.32 Å². The number of nitrogens with zero attached hydrogens (tertiary/aromatic N) is 2. The molecule has 3 nitrogen and oxygen atoms in total. The van der Waals surface area contributed by atoms with Gasteiger partial charge in [0.05, 0.1) is 6.20 Å². The summed E-state index contributed by atoms with van der Waals surface area (Å²) in [7, 11) is 0. The minimum atomic E-state index is -0.210. The summed E-state index contributed by atoms with van der Waals surface area (Å²) in [5, 5.41) is 7.47. The molecule has 0 spiro atoms. The Morgan fingerprint density at radius 2 is 2.17 bits per heavy atom. The average molecular weight is 245 g/mol. The van der Waals surface area contributed by atoms with E-state index >= 15 is 0 Å². The Kier molecular flexibility index (Phi) is 3.89. The fourth-order valence-corrected chi connectivity index (χ4v) is 1.71. The lowest BCUT2D eigenvalue weighted by Gasteiger charge is -2.13. The first kappa shape index (κ1) is 12.5. The number of benzene rings is 1. The van der Waals surface area contributed by atoms with Crippen molar-refractivity contribution in [1.82, 2.24) is 15.1 Å². The monoisotopic (exact) mass is 245 g/mol. The van der Waals surface area contributed by atoms with Gasteiger partial charge in [-0.1, -0.05) is 18.7 Å². The van der Waals surface area contributed by atoms with Crippen LogP contribution >= 0.6 is 0 Å². The van der Waals surface area contributed by atoms with Crippen LogP contribution in [-0.4, -0.2) is 9.78 Å². The standard InChI is InChI=1S/C14H16FN3/c1-3-18-10-12(9-17-18)8-16-11(2)13-4-6-14(15)7-5-13/h3-7,9-11,16H,1,8H2,2H3/t11-/m1/s1. The Labute approximate surface area is 106 Å². The number of hydrogen-bond acceptors (Lipinski definition) is 2. The predicted octanol–water partition coefficient (Wildman–Crippen LogP) is 2.97. The second-order valence-corrected chi connectivity index (χ2v) is 4.17. The van der Waals surface area contributed by atoms with Gasteiger partial charge < -0.3 is 5.32 Å². The molecule has 0 fully saturated rings. The van der Waals surface area contributed by atoms with Crippen molar-refractivity contribution in [3.63, 3.8) is 0 Å². The molecule has 2 rings (SSSR count). The second-order valence-electron chi connectivity index (χ2n) is 4.17. The summed E-state index contributed by atoms with van der Waals surface area (Å²) >= 11 is 0. The van der Waals surface area contributed by atoms with Gasteiger partial charge in [0, 0.05) is 30.5 Å². The van der Waals surface area contributed by atoms with Crippen LogP contribution in [0.2, 0.25) is 0 Å². The highest BCUT2D eigenvalue weighted by Gasteiger charge is 2.05. The average Bonchev–Trinajstić information content (AvgIpc) is 2.85. The third kappa shape index (κ3) is 3.05. The molecule has 94 valence electrons. The highest BCUT2D eigenvalue weighted by atomic mass is 19.1. The van der Waals surface area contributed by atoms with Crippen molar-refractivity contribution in [3.8, 4) is 0 Å². The fourth-order valence-electron chi connectivity index (χ4n) is 1.71. The van der Waals surface area contributed by atoms with Crippen LogP contribution in [0.3, 0.4) is 0 Å². The molecule has 0 radical (unpaired) electrons. The Morgan fingerprint density at radius 1 is 1.44 bits per heavy atom. The molecule has 0 amide bonds. The summed E-state index contributed by atoms with van der Waals surface area (Å²) in [6.45, 7) is 6.40. The van der Waals surface area contributed by atoms with E-state index in [1.807, 2.05) is 13.1 Å². The molecule has 0 aliphatic heterocycles. The van der Waals surface area contributed by atoms with Gasteiger partial charge in [-0.25, -0.2) is 9.07 Å². The lowest BCUT2D eigenvalue weighted by Crippen LogP contribution is -2.17. The third-order valence-electron chi connectivity index (χ3n) is 2.82. The van der Waals surface area contributed by atoms with Crippen molar-refractivity contribution in [2.45, 2.75) is 19.5 Å². The molecule has 1 heterocycles. The van der Waals surface area contributed by atoms with Gasteiger partial charge in [-0.3, -0.25) is 0 Å². The molecule has 0 aliphatic rings. The molecule has 0 unspecified atom stereocenters. The highest BCUT2D eigenvalue weighted by molar-refractivity contribution is 5.20. The van der Waals surface area contributed by atoms with Crippen LogP contribution in [0.5, 0.6) is 0 Å². The van der Waals surface area contributed by atoms with E-state index in [1.165, 1.54) is 12.1 Å². The SMILES string of the molecule is C=Cn1cc(CN[C@H](C)c2ccc(F)cc2)cn1. The first-order chi connectivity index (χ1) is 8.69. The van der Waals surface area contributed by atoms with Gasteiger partial charge in [0.15, 0.2) is 0 Å². The zero-order chi connectivity index (χ0) is 13.0. The predicted molar refractivity (Wildman–Crippen MR) is 70.3 cm³/mol. The first-order valence-corrected chi connectivity index (χ1v) is 5.83. The molecule has 2 aromatic rings. The van der Waals surface area contributed by atoms with E-state index in [2.05, 4.69) is 17.0 Å². The quantitative estimate of drug-likeness (QED) is 0.877. The number of nitrogens with one attached hydrogen (secondary N) is 1. The Morgan fingerprint density at radius 3 is 2.78 bits per heavy atom. The molecule has 1 atom stereocenters. The van der Waals surface area contributed by atoms with Crippen molar-refractivity contribution >= 4 is 6.20 Å². The van der Waals surface area contributed by atoms with Crippen LogP contribution in [0.25, 0.3) is 6.20 Å². The number of halogens is 1. The number of aromatic nitrogens is 2. The van der Waals surface area contributed by atoms with Gasteiger partial charge in [-0.2, -0.15) is 5.10 Å². The minimum absolute atomic E-state index is 0.165. The molecule has 1 aromatic carbocycles. The second kappa shape index (κ2) is 5.60.